The van der Waals surface area contributed by atoms with Crippen LogP contribution in [0.1, 0.15) is 0 Å². The Bertz CT molecular complexity index is 611. The monoisotopic (exact) mass is 229 g/mol. The van der Waals surface area contributed by atoms with E-state index in [-0.39, 0.29) is 21.7 Å². The van der Waals surface area contributed by atoms with E-state index in [1.54, 1.807) is 0 Å². The Morgan fingerprint density at radius 2 is 2.27 bits per heavy atom. The van der Waals surface area contributed by atoms with Crippen LogP contribution in [0, 0.1) is 5.82 Å². The lowest BCUT2D eigenvalue weighted by atomic mass is 10.2. The fourth-order valence-electron chi connectivity index (χ4n) is 1.20. The number of halogens is 2. The maximum Gasteiger partial charge on any atom is 0.275 e. The highest BCUT2D eigenvalue weighted by molar-refractivity contribution is 6.30. The smallest absolute Gasteiger partial charge is 0.275 e. The quantitative estimate of drug-likeness (QED) is 0.588. The number of fused-ring (bicyclic) bond motifs is 1. The van der Waals surface area contributed by atoms with Crippen molar-refractivity contribution in [2.24, 2.45) is 0 Å². The molecule has 0 unspecified atom stereocenters. The fraction of sp³-hybridized carbons (Fsp3) is 0. The second kappa shape index (κ2) is 3.09. The summed E-state index contributed by atoms with van der Waals surface area (Å²) in [7, 11) is 0. The molecule has 4 N–H and O–H groups in total. The van der Waals surface area contributed by atoms with Crippen LogP contribution in [0.3, 0.4) is 0 Å². The number of hydrogen-bond acceptors (Lipinski definition) is 4. The Kier molecular flexibility index (Phi) is 2.01. The number of pyridine rings is 2. The first-order chi connectivity index (χ1) is 7.02. The number of anilines is 1. The number of nitrogens with zero attached hydrogens (tertiary/aromatic N) is 1. The second-order valence-corrected chi connectivity index (χ2v) is 3.23. The van der Waals surface area contributed by atoms with Crippen molar-refractivity contribution in [2.75, 3.05) is 5.73 Å². The molecule has 2 rings (SSSR count). The zero-order valence-electron chi connectivity index (χ0n) is 7.21. The Hall–Kier alpha value is -1.82. The van der Waals surface area contributed by atoms with Crippen molar-refractivity contribution >= 4 is 28.2 Å². The van der Waals surface area contributed by atoms with Gasteiger partial charge in [0.25, 0.3) is 5.56 Å². The molecule has 0 fully saturated rings. The van der Waals surface area contributed by atoms with Crippen molar-refractivity contribution in [3.63, 3.8) is 0 Å². The normalized spacial score (nSPS) is 10.8. The molecule has 0 saturated carbocycles. The van der Waals surface area contributed by atoms with Gasteiger partial charge in [0.1, 0.15) is 5.69 Å². The highest BCUT2D eigenvalue weighted by atomic mass is 35.5. The molecule has 0 atom stereocenters. The van der Waals surface area contributed by atoms with Gasteiger partial charge in [0, 0.05) is 6.20 Å². The zero-order valence-corrected chi connectivity index (χ0v) is 7.97. The number of nitrogens with two attached hydrogens (primary N) is 1. The van der Waals surface area contributed by atoms with E-state index in [1.807, 2.05) is 0 Å². The minimum Gasteiger partial charge on any atom is -0.505 e. The summed E-state index contributed by atoms with van der Waals surface area (Å²) in [6.45, 7) is 0. The number of H-pyrrole nitrogens is 1. The molecule has 2 heterocycles. The number of rotatable bonds is 0. The summed E-state index contributed by atoms with van der Waals surface area (Å²) in [6, 6.07) is 0. The van der Waals surface area contributed by atoms with Crippen LogP contribution in [0.15, 0.2) is 11.0 Å². The van der Waals surface area contributed by atoms with Crippen LogP contribution in [0.4, 0.5) is 10.1 Å². The molecule has 5 nitrogen and oxygen atoms in total. The van der Waals surface area contributed by atoms with Gasteiger partial charge in [0.05, 0.1) is 10.9 Å². The van der Waals surface area contributed by atoms with Crippen molar-refractivity contribution in [3.05, 3.63) is 27.5 Å². The van der Waals surface area contributed by atoms with Gasteiger partial charge < -0.3 is 15.8 Å². The van der Waals surface area contributed by atoms with Crippen molar-refractivity contribution in [2.45, 2.75) is 0 Å². The molecule has 2 aromatic rings. The van der Waals surface area contributed by atoms with Crippen LogP contribution in [0.2, 0.25) is 5.15 Å². The number of nitrogen functional groups attached to an aromatic ring is 1. The first-order valence-corrected chi connectivity index (χ1v) is 4.24. The van der Waals surface area contributed by atoms with Crippen molar-refractivity contribution in [1.29, 1.82) is 0 Å². The van der Waals surface area contributed by atoms with Gasteiger partial charge in [-0.25, -0.2) is 9.37 Å². The Morgan fingerprint density at radius 1 is 1.60 bits per heavy atom. The highest BCUT2D eigenvalue weighted by Crippen LogP contribution is 2.28. The maximum atomic E-state index is 13.4. The van der Waals surface area contributed by atoms with Crippen molar-refractivity contribution < 1.29 is 9.50 Å². The van der Waals surface area contributed by atoms with E-state index in [9.17, 15) is 14.3 Å². The predicted octanol–water partition coefficient (Wildman–Crippen LogP) is 1.00. The zero-order chi connectivity index (χ0) is 11.2. The molecule has 0 aliphatic carbocycles. The summed E-state index contributed by atoms with van der Waals surface area (Å²) in [5, 5.41) is 9.08. The number of aromatic nitrogens is 2. The average Bonchev–Trinajstić information content (AvgIpc) is 2.21. The van der Waals surface area contributed by atoms with E-state index in [0.29, 0.717) is 0 Å². The summed E-state index contributed by atoms with van der Waals surface area (Å²) >= 11 is 5.41. The van der Waals surface area contributed by atoms with Gasteiger partial charge in [-0.2, -0.15) is 0 Å². The minimum absolute atomic E-state index is 0.00833. The molecule has 0 aromatic carbocycles. The van der Waals surface area contributed by atoms with Gasteiger partial charge in [-0.15, -0.1) is 0 Å². The molecule has 0 saturated heterocycles. The largest absolute Gasteiger partial charge is 0.505 e. The molecular weight excluding hydrogens is 225 g/mol. The summed E-state index contributed by atoms with van der Waals surface area (Å²) < 4.78 is 13.4. The van der Waals surface area contributed by atoms with Gasteiger partial charge in [0.2, 0.25) is 0 Å². The summed E-state index contributed by atoms with van der Waals surface area (Å²) in [4.78, 5) is 16.8. The molecule has 0 aliphatic heterocycles. The van der Waals surface area contributed by atoms with E-state index in [2.05, 4.69) is 9.97 Å². The average molecular weight is 230 g/mol. The standard InChI is InChI=1S/C8H5ClFN3O2/c9-7-3(10)5-2(1-12-7)6(14)4(11)8(15)13-5/h1H,11H2,(H2,13,14,15). The van der Waals surface area contributed by atoms with E-state index in [4.69, 9.17) is 17.3 Å². The second-order valence-electron chi connectivity index (χ2n) is 2.87. The van der Waals surface area contributed by atoms with Gasteiger partial charge >= 0.3 is 0 Å². The number of aromatic hydroxyl groups is 1. The predicted molar refractivity (Wildman–Crippen MR) is 53.4 cm³/mol. The van der Waals surface area contributed by atoms with Crippen LogP contribution in [-0.4, -0.2) is 15.1 Å². The van der Waals surface area contributed by atoms with Gasteiger partial charge in [0.15, 0.2) is 16.7 Å². The lowest BCUT2D eigenvalue weighted by Crippen LogP contribution is -2.12. The lowest BCUT2D eigenvalue weighted by Gasteiger charge is -2.04. The van der Waals surface area contributed by atoms with E-state index in [1.165, 1.54) is 0 Å². The SMILES string of the molecule is Nc1c(O)c2cnc(Cl)c(F)c2[nH]c1=O. The van der Waals surface area contributed by atoms with E-state index in [0.717, 1.165) is 6.20 Å². The molecule has 0 radical (unpaired) electrons. The molecule has 0 aliphatic rings. The summed E-state index contributed by atoms with van der Waals surface area (Å²) in [5.41, 5.74) is 3.88. The number of nitrogens with one attached hydrogen (secondary N) is 1. The third-order valence-corrected chi connectivity index (χ3v) is 2.23. The van der Waals surface area contributed by atoms with E-state index < -0.39 is 17.1 Å². The van der Waals surface area contributed by atoms with Gasteiger partial charge in [-0.3, -0.25) is 4.79 Å². The first-order valence-electron chi connectivity index (χ1n) is 3.86. The first kappa shape index (κ1) is 9.72. The maximum absolute atomic E-state index is 13.4. The topological polar surface area (TPSA) is 92.0 Å². The molecule has 0 amide bonds. The fourth-order valence-corrected chi connectivity index (χ4v) is 1.34. The molecule has 0 spiro atoms. The van der Waals surface area contributed by atoms with E-state index >= 15 is 0 Å². The Labute approximate surface area is 87.3 Å². The third-order valence-electron chi connectivity index (χ3n) is 1.97. The summed E-state index contributed by atoms with van der Waals surface area (Å²) in [6.07, 6.45) is 1.13. The number of hydrogen-bond donors (Lipinski definition) is 3. The number of aromatic amines is 1. The van der Waals surface area contributed by atoms with Crippen LogP contribution < -0.4 is 11.3 Å². The van der Waals surface area contributed by atoms with Gasteiger partial charge in [-0.05, 0) is 0 Å². The molecule has 15 heavy (non-hydrogen) atoms. The Balaban J connectivity index is 3.05. The summed E-state index contributed by atoms with van der Waals surface area (Å²) in [5.74, 6) is -1.40. The van der Waals surface area contributed by atoms with Gasteiger partial charge in [-0.1, -0.05) is 11.6 Å². The van der Waals surface area contributed by atoms with Crippen LogP contribution >= 0.6 is 11.6 Å². The van der Waals surface area contributed by atoms with Crippen LogP contribution in [0.25, 0.3) is 10.9 Å². The van der Waals surface area contributed by atoms with Crippen molar-refractivity contribution in [3.8, 4) is 5.75 Å². The van der Waals surface area contributed by atoms with Crippen LogP contribution in [0.5, 0.6) is 5.75 Å². The Morgan fingerprint density at radius 3 is 2.93 bits per heavy atom. The lowest BCUT2D eigenvalue weighted by molar-refractivity contribution is 0.482. The molecule has 2 aromatic heterocycles. The molecule has 78 valence electrons. The minimum atomic E-state index is -0.901. The highest BCUT2D eigenvalue weighted by Gasteiger charge is 2.14. The molecule has 0 bridgehead atoms. The molecule has 7 heteroatoms. The molecular formula is C8H5ClFN3O2. The third kappa shape index (κ3) is 1.30. The van der Waals surface area contributed by atoms with Crippen molar-refractivity contribution in [1.82, 2.24) is 9.97 Å². The van der Waals surface area contributed by atoms with Crippen LogP contribution in [-0.2, 0) is 0 Å².